The molecule has 1 amide bonds. The van der Waals surface area contributed by atoms with Crippen LogP contribution in [0.3, 0.4) is 0 Å². The summed E-state index contributed by atoms with van der Waals surface area (Å²) in [6.07, 6.45) is 0.267. The number of aliphatic hydroxyl groups is 1. The van der Waals surface area contributed by atoms with E-state index in [1.165, 1.54) is 0 Å². The third-order valence-corrected chi connectivity index (χ3v) is 3.90. The average molecular weight is 318 g/mol. The van der Waals surface area contributed by atoms with Gasteiger partial charge in [0.15, 0.2) is 5.60 Å². The number of amides is 1. The molecule has 3 nitrogen and oxygen atoms in total. The normalized spacial score (nSPS) is 21.1. The zero-order valence-corrected chi connectivity index (χ0v) is 11.6. The van der Waals surface area contributed by atoms with Gasteiger partial charge in [0.25, 0.3) is 5.91 Å². The predicted octanol–water partition coefficient (Wildman–Crippen LogP) is 2.83. The number of nitrogens with one attached hydrogen (secondary N) is 1. The van der Waals surface area contributed by atoms with E-state index in [2.05, 4.69) is 21.2 Å². The third-order valence-electron chi connectivity index (χ3n) is 3.37. The Balaban J connectivity index is 1.99. The molecule has 2 aromatic carbocycles. The summed E-state index contributed by atoms with van der Waals surface area (Å²) in [5.74, 6) is -0.364. The molecule has 1 unspecified atom stereocenters. The van der Waals surface area contributed by atoms with Crippen molar-refractivity contribution < 1.29 is 9.90 Å². The van der Waals surface area contributed by atoms with Crippen LogP contribution in [0.4, 0.5) is 5.69 Å². The molecule has 1 heterocycles. The molecule has 0 saturated heterocycles. The molecular formula is C15H12BrNO2. The number of carbonyl (C=O) groups is 1. The van der Waals surface area contributed by atoms with Crippen molar-refractivity contribution in [1.82, 2.24) is 0 Å². The number of fused-ring (bicyclic) bond motifs is 1. The van der Waals surface area contributed by atoms with Gasteiger partial charge in [-0.1, -0.05) is 46.3 Å². The lowest BCUT2D eigenvalue weighted by Gasteiger charge is -2.20. The SMILES string of the molecule is O=C1Nc2ccccc2C1(O)Cc1ccc(Br)cc1. The van der Waals surface area contributed by atoms with E-state index >= 15 is 0 Å². The highest BCUT2D eigenvalue weighted by Gasteiger charge is 2.44. The minimum absolute atomic E-state index is 0.267. The van der Waals surface area contributed by atoms with E-state index < -0.39 is 5.60 Å². The van der Waals surface area contributed by atoms with Crippen molar-refractivity contribution in [3.05, 3.63) is 64.1 Å². The molecule has 1 atom stereocenters. The minimum atomic E-state index is -1.48. The quantitative estimate of drug-likeness (QED) is 0.894. The van der Waals surface area contributed by atoms with E-state index in [0.717, 1.165) is 10.0 Å². The minimum Gasteiger partial charge on any atom is -0.375 e. The van der Waals surface area contributed by atoms with Crippen molar-refractivity contribution in [2.45, 2.75) is 12.0 Å². The first kappa shape index (κ1) is 12.4. The fourth-order valence-electron chi connectivity index (χ4n) is 2.37. The summed E-state index contributed by atoms with van der Waals surface area (Å²) >= 11 is 3.37. The largest absolute Gasteiger partial charge is 0.375 e. The number of para-hydroxylation sites is 1. The van der Waals surface area contributed by atoms with Crippen LogP contribution < -0.4 is 5.32 Å². The van der Waals surface area contributed by atoms with Crippen molar-refractivity contribution in [3.8, 4) is 0 Å². The van der Waals surface area contributed by atoms with E-state index in [4.69, 9.17) is 0 Å². The molecule has 1 aliphatic heterocycles. The molecule has 0 radical (unpaired) electrons. The molecule has 19 heavy (non-hydrogen) atoms. The molecule has 4 heteroatoms. The fraction of sp³-hybridized carbons (Fsp3) is 0.133. The first-order chi connectivity index (χ1) is 9.09. The number of rotatable bonds is 2. The van der Waals surface area contributed by atoms with Crippen LogP contribution in [0.2, 0.25) is 0 Å². The van der Waals surface area contributed by atoms with Crippen LogP contribution in [-0.4, -0.2) is 11.0 Å². The van der Waals surface area contributed by atoms with Crippen molar-refractivity contribution in [2.75, 3.05) is 5.32 Å². The summed E-state index contributed by atoms with van der Waals surface area (Å²) in [6, 6.07) is 14.8. The maximum absolute atomic E-state index is 12.1. The van der Waals surface area contributed by atoms with Gasteiger partial charge in [-0.05, 0) is 23.8 Å². The second-order valence-electron chi connectivity index (χ2n) is 4.66. The molecule has 0 aromatic heterocycles. The Labute approximate surface area is 119 Å². The molecule has 0 aliphatic carbocycles. The van der Waals surface area contributed by atoms with E-state index in [1.54, 1.807) is 12.1 Å². The number of halogens is 1. The van der Waals surface area contributed by atoms with Gasteiger partial charge in [-0.3, -0.25) is 4.79 Å². The summed E-state index contributed by atoms with van der Waals surface area (Å²) in [6.45, 7) is 0. The highest BCUT2D eigenvalue weighted by molar-refractivity contribution is 9.10. The molecule has 1 aliphatic rings. The maximum atomic E-state index is 12.1. The highest BCUT2D eigenvalue weighted by atomic mass is 79.9. The van der Waals surface area contributed by atoms with Crippen LogP contribution in [0.1, 0.15) is 11.1 Å². The van der Waals surface area contributed by atoms with E-state index in [1.807, 2.05) is 36.4 Å². The predicted molar refractivity (Wildman–Crippen MR) is 76.8 cm³/mol. The van der Waals surface area contributed by atoms with Crippen LogP contribution in [0.15, 0.2) is 53.0 Å². The van der Waals surface area contributed by atoms with Gasteiger partial charge in [-0.2, -0.15) is 0 Å². The standard InChI is InChI=1S/C15H12BrNO2/c16-11-7-5-10(6-8-11)9-15(19)12-3-1-2-4-13(12)17-14(15)18/h1-8,19H,9H2,(H,17,18). The lowest BCUT2D eigenvalue weighted by molar-refractivity contribution is -0.133. The Morgan fingerprint density at radius 3 is 2.53 bits per heavy atom. The van der Waals surface area contributed by atoms with Crippen LogP contribution in [-0.2, 0) is 16.8 Å². The molecule has 0 fully saturated rings. The molecule has 3 rings (SSSR count). The van der Waals surface area contributed by atoms with Crippen molar-refractivity contribution in [1.29, 1.82) is 0 Å². The van der Waals surface area contributed by atoms with Gasteiger partial charge in [0.2, 0.25) is 0 Å². The zero-order chi connectivity index (χ0) is 13.5. The topological polar surface area (TPSA) is 49.3 Å². The first-order valence-corrected chi connectivity index (χ1v) is 6.77. The summed E-state index contributed by atoms with van der Waals surface area (Å²) in [7, 11) is 0. The van der Waals surface area contributed by atoms with Crippen LogP contribution in [0.5, 0.6) is 0 Å². The number of carbonyl (C=O) groups excluding carboxylic acids is 1. The monoisotopic (exact) mass is 317 g/mol. The number of benzene rings is 2. The molecule has 0 saturated carbocycles. The Morgan fingerprint density at radius 2 is 1.79 bits per heavy atom. The number of hydrogen-bond acceptors (Lipinski definition) is 2. The molecule has 2 N–H and O–H groups in total. The molecular weight excluding hydrogens is 306 g/mol. The number of hydrogen-bond donors (Lipinski definition) is 2. The summed E-state index contributed by atoms with van der Waals surface area (Å²) in [5, 5.41) is 13.4. The molecule has 2 aromatic rings. The lowest BCUT2D eigenvalue weighted by Crippen LogP contribution is -2.36. The van der Waals surface area contributed by atoms with Crippen molar-refractivity contribution in [2.24, 2.45) is 0 Å². The summed E-state index contributed by atoms with van der Waals surface area (Å²) < 4.78 is 0.972. The van der Waals surface area contributed by atoms with Gasteiger partial charge in [0.05, 0.1) is 0 Å². The van der Waals surface area contributed by atoms with Gasteiger partial charge >= 0.3 is 0 Å². The van der Waals surface area contributed by atoms with Crippen molar-refractivity contribution >= 4 is 27.5 Å². The number of anilines is 1. The maximum Gasteiger partial charge on any atom is 0.261 e. The van der Waals surface area contributed by atoms with Crippen LogP contribution in [0, 0.1) is 0 Å². The Bertz CT molecular complexity index is 639. The van der Waals surface area contributed by atoms with Gasteiger partial charge < -0.3 is 10.4 Å². The van der Waals surface area contributed by atoms with E-state index in [0.29, 0.717) is 11.3 Å². The van der Waals surface area contributed by atoms with Gasteiger partial charge in [0, 0.05) is 22.1 Å². The zero-order valence-electron chi connectivity index (χ0n) is 10.1. The van der Waals surface area contributed by atoms with Crippen molar-refractivity contribution in [3.63, 3.8) is 0 Å². The first-order valence-electron chi connectivity index (χ1n) is 5.97. The third kappa shape index (κ3) is 2.07. The van der Waals surface area contributed by atoms with E-state index in [9.17, 15) is 9.90 Å². The Hall–Kier alpha value is -1.65. The summed E-state index contributed by atoms with van der Waals surface area (Å²) in [5.41, 5.74) is 0.761. The van der Waals surface area contributed by atoms with E-state index in [-0.39, 0.29) is 12.3 Å². The lowest BCUT2D eigenvalue weighted by atomic mass is 9.88. The van der Waals surface area contributed by atoms with Crippen LogP contribution >= 0.6 is 15.9 Å². The smallest absolute Gasteiger partial charge is 0.261 e. The highest BCUT2D eigenvalue weighted by Crippen LogP contribution is 2.38. The molecule has 0 bridgehead atoms. The fourth-order valence-corrected chi connectivity index (χ4v) is 2.64. The summed E-state index contributed by atoms with van der Waals surface area (Å²) in [4.78, 5) is 12.1. The Morgan fingerprint density at radius 1 is 1.11 bits per heavy atom. The molecule has 96 valence electrons. The van der Waals surface area contributed by atoms with Crippen LogP contribution in [0.25, 0.3) is 0 Å². The van der Waals surface area contributed by atoms with Gasteiger partial charge in [0.1, 0.15) is 0 Å². The second-order valence-corrected chi connectivity index (χ2v) is 5.58. The van der Waals surface area contributed by atoms with Gasteiger partial charge in [-0.25, -0.2) is 0 Å². The molecule has 0 spiro atoms. The second kappa shape index (κ2) is 4.47. The average Bonchev–Trinajstić information content (AvgIpc) is 2.65. The van der Waals surface area contributed by atoms with Gasteiger partial charge in [-0.15, -0.1) is 0 Å². The Kier molecular flexibility index (Phi) is 2.92.